The largest absolute Gasteiger partial charge is 0.463 e. The molecule has 0 spiro atoms. The lowest BCUT2D eigenvalue weighted by atomic mass is 10.1. The van der Waals surface area contributed by atoms with Gasteiger partial charge in [0.1, 0.15) is 12.0 Å². The molecule has 2 aromatic rings. The van der Waals surface area contributed by atoms with Gasteiger partial charge in [0.15, 0.2) is 5.76 Å². The molecule has 1 unspecified atom stereocenters. The Morgan fingerprint density at radius 2 is 2.24 bits per heavy atom. The zero-order valence-electron chi connectivity index (χ0n) is 10.2. The van der Waals surface area contributed by atoms with Crippen LogP contribution >= 0.6 is 0 Å². The van der Waals surface area contributed by atoms with Gasteiger partial charge in [-0.25, -0.2) is 9.97 Å². The normalized spacial score (nSPS) is 12.6. The van der Waals surface area contributed by atoms with Gasteiger partial charge in [0.2, 0.25) is 0 Å². The number of hydrogen-bond acceptors (Lipinski definition) is 4. The maximum Gasteiger partial charge on any atom is 0.152 e. The summed E-state index contributed by atoms with van der Waals surface area (Å²) in [5.74, 6) is 0.784. The van der Waals surface area contributed by atoms with E-state index in [0.29, 0.717) is 0 Å². The maximum atomic E-state index is 5.76. The molecule has 4 heteroatoms. The van der Waals surface area contributed by atoms with E-state index in [2.05, 4.69) is 9.97 Å². The number of hydrogen-bond donors (Lipinski definition) is 1. The smallest absolute Gasteiger partial charge is 0.152 e. The lowest BCUT2D eigenvalue weighted by Gasteiger charge is -2.09. The molecule has 2 rings (SSSR count). The molecule has 0 bridgehead atoms. The second-order valence-corrected chi connectivity index (χ2v) is 4.29. The molecule has 2 N–H and O–H groups in total. The Morgan fingerprint density at radius 3 is 2.88 bits per heavy atom. The van der Waals surface area contributed by atoms with Gasteiger partial charge in [-0.3, -0.25) is 0 Å². The highest BCUT2D eigenvalue weighted by Gasteiger charge is 2.11. The van der Waals surface area contributed by atoms with Crippen molar-refractivity contribution in [2.45, 2.75) is 32.7 Å². The Hall–Kier alpha value is -1.68. The van der Waals surface area contributed by atoms with Gasteiger partial charge < -0.3 is 10.2 Å². The van der Waals surface area contributed by atoms with Crippen molar-refractivity contribution in [3.05, 3.63) is 36.0 Å². The van der Waals surface area contributed by atoms with E-state index in [0.717, 1.165) is 35.6 Å². The van der Waals surface area contributed by atoms with Crippen molar-refractivity contribution >= 4 is 0 Å². The summed E-state index contributed by atoms with van der Waals surface area (Å²) in [5, 5.41) is 0. The Balaban J connectivity index is 2.27. The van der Waals surface area contributed by atoms with Crippen LogP contribution in [-0.4, -0.2) is 16.0 Å². The molecule has 0 radical (unpaired) electrons. The quantitative estimate of drug-likeness (QED) is 0.877. The number of nitrogens with zero attached hydrogens (tertiary/aromatic N) is 2. The minimum Gasteiger partial charge on any atom is -0.463 e. The van der Waals surface area contributed by atoms with Gasteiger partial charge in [0.05, 0.1) is 6.26 Å². The highest BCUT2D eigenvalue weighted by Crippen LogP contribution is 2.23. The molecule has 4 nitrogen and oxygen atoms in total. The van der Waals surface area contributed by atoms with Crippen LogP contribution in [0.4, 0.5) is 0 Å². The second kappa shape index (κ2) is 5.10. The molecular weight excluding hydrogens is 214 g/mol. The molecule has 0 aliphatic heterocycles. The number of nitrogens with two attached hydrogens (primary N) is 1. The number of aryl methyl sites for hydroxylation is 1. The third-order valence-electron chi connectivity index (χ3n) is 2.78. The van der Waals surface area contributed by atoms with E-state index in [9.17, 15) is 0 Å². The van der Waals surface area contributed by atoms with Crippen molar-refractivity contribution in [3.8, 4) is 11.5 Å². The average Bonchev–Trinajstić information content (AvgIpc) is 2.81. The SMILES string of the molecule is Cc1c(CCC(C)N)ncnc1-c1ccco1. The van der Waals surface area contributed by atoms with Crippen molar-refractivity contribution in [2.24, 2.45) is 5.73 Å². The lowest BCUT2D eigenvalue weighted by molar-refractivity contribution is 0.578. The number of aromatic nitrogens is 2. The standard InChI is InChI=1S/C13H17N3O/c1-9(14)5-6-11-10(2)13(16-8-15-11)12-4-3-7-17-12/h3-4,7-9H,5-6,14H2,1-2H3. The molecule has 0 fully saturated rings. The van der Waals surface area contributed by atoms with Gasteiger partial charge in [0, 0.05) is 17.3 Å². The van der Waals surface area contributed by atoms with Gasteiger partial charge in [-0.15, -0.1) is 0 Å². The Labute approximate surface area is 101 Å². The third kappa shape index (κ3) is 2.71. The minimum atomic E-state index is 0.191. The molecule has 0 saturated carbocycles. The Bertz CT molecular complexity index is 477. The highest BCUT2D eigenvalue weighted by atomic mass is 16.3. The molecule has 0 aromatic carbocycles. The van der Waals surface area contributed by atoms with Crippen LogP contribution in [0.1, 0.15) is 24.6 Å². The fraction of sp³-hybridized carbons (Fsp3) is 0.385. The zero-order chi connectivity index (χ0) is 12.3. The summed E-state index contributed by atoms with van der Waals surface area (Å²) in [6, 6.07) is 3.96. The van der Waals surface area contributed by atoms with Crippen LogP contribution in [0.2, 0.25) is 0 Å². The van der Waals surface area contributed by atoms with Crippen molar-refractivity contribution in [1.29, 1.82) is 0 Å². The number of furan rings is 1. The van der Waals surface area contributed by atoms with Crippen LogP contribution in [-0.2, 0) is 6.42 Å². The lowest BCUT2D eigenvalue weighted by Crippen LogP contribution is -2.16. The first kappa shape index (κ1) is 11.8. The third-order valence-corrected chi connectivity index (χ3v) is 2.78. The summed E-state index contributed by atoms with van der Waals surface area (Å²) in [5.41, 5.74) is 8.74. The highest BCUT2D eigenvalue weighted by molar-refractivity contribution is 5.57. The predicted octanol–water partition coefficient (Wildman–Crippen LogP) is 2.32. The zero-order valence-corrected chi connectivity index (χ0v) is 10.2. The maximum absolute atomic E-state index is 5.76. The van der Waals surface area contributed by atoms with Gasteiger partial charge in [-0.2, -0.15) is 0 Å². The average molecular weight is 231 g/mol. The fourth-order valence-corrected chi connectivity index (χ4v) is 1.76. The molecule has 90 valence electrons. The van der Waals surface area contributed by atoms with E-state index < -0.39 is 0 Å². The summed E-state index contributed by atoms with van der Waals surface area (Å²) < 4.78 is 5.37. The van der Waals surface area contributed by atoms with Crippen LogP contribution in [0, 0.1) is 6.92 Å². The summed E-state index contributed by atoms with van der Waals surface area (Å²) in [4.78, 5) is 8.58. The monoisotopic (exact) mass is 231 g/mol. The van der Waals surface area contributed by atoms with Gasteiger partial charge in [-0.05, 0) is 38.8 Å². The molecule has 2 heterocycles. The molecule has 0 saturated heterocycles. The number of rotatable bonds is 4. The summed E-state index contributed by atoms with van der Waals surface area (Å²) in [6.45, 7) is 4.03. The fourth-order valence-electron chi connectivity index (χ4n) is 1.76. The molecule has 17 heavy (non-hydrogen) atoms. The summed E-state index contributed by atoms with van der Waals surface area (Å²) in [7, 11) is 0. The van der Waals surface area contributed by atoms with Gasteiger partial charge in [-0.1, -0.05) is 0 Å². The molecule has 0 amide bonds. The van der Waals surface area contributed by atoms with Crippen LogP contribution in [0.5, 0.6) is 0 Å². The molecular formula is C13H17N3O. The summed E-state index contributed by atoms with van der Waals surface area (Å²) in [6.07, 6.45) is 5.04. The van der Waals surface area contributed by atoms with Crippen molar-refractivity contribution in [1.82, 2.24) is 9.97 Å². The Kier molecular flexibility index (Phi) is 3.54. The molecule has 0 aliphatic carbocycles. The van der Waals surface area contributed by atoms with Crippen LogP contribution < -0.4 is 5.73 Å². The van der Waals surface area contributed by atoms with Crippen LogP contribution in [0.3, 0.4) is 0 Å². The molecule has 2 aromatic heterocycles. The topological polar surface area (TPSA) is 64.9 Å². The first-order valence-corrected chi connectivity index (χ1v) is 5.78. The van der Waals surface area contributed by atoms with E-state index in [1.54, 1.807) is 12.6 Å². The molecule has 0 aliphatic rings. The van der Waals surface area contributed by atoms with E-state index >= 15 is 0 Å². The van der Waals surface area contributed by atoms with E-state index in [1.807, 2.05) is 26.0 Å². The van der Waals surface area contributed by atoms with Crippen molar-refractivity contribution in [3.63, 3.8) is 0 Å². The van der Waals surface area contributed by atoms with E-state index in [1.165, 1.54) is 0 Å². The minimum absolute atomic E-state index is 0.191. The first-order valence-electron chi connectivity index (χ1n) is 5.78. The van der Waals surface area contributed by atoms with E-state index in [-0.39, 0.29) is 6.04 Å². The molecule has 1 atom stereocenters. The first-order chi connectivity index (χ1) is 8.18. The van der Waals surface area contributed by atoms with Crippen LogP contribution in [0.15, 0.2) is 29.1 Å². The van der Waals surface area contributed by atoms with Crippen LogP contribution in [0.25, 0.3) is 11.5 Å². The predicted molar refractivity (Wildman–Crippen MR) is 66.4 cm³/mol. The van der Waals surface area contributed by atoms with E-state index in [4.69, 9.17) is 10.2 Å². The van der Waals surface area contributed by atoms with Gasteiger partial charge >= 0.3 is 0 Å². The van der Waals surface area contributed by atoms with Crippen molar-refractivity contribution < 1.29 is 4.42 Å². The summed E-state index contributed by atoms with van der Waals surface area (Å²) >= 11 is 0. The van der Waals surface area contributed by atoms with Crippen molar-refractivity contribution in [2.75, 3.05) is 0 Å². The van der Waals surface area contributed by atoms with Gasteiger partial charge in [0.25, 0.3) is 0 Å². The Morgan fingerprint density at radius 1 is 1.41 bits per heavy atom. The second-order valence-electron chi connectivity index (χ2n) is 4.29.